The molecule has 4 rings (SSSR count). The minimum Gasteiger partial charge on any atom is -0.388 e. The van der Waals surface area contributed by atoms with Crippen LogP contribution in [-0.4, -0.2) is 47.7 Å². The van der Waals surface area contributed by atoms with Crippen LogP contribution in [-0.2, 0) is 0 Å². The maximum absolute atomic E-state index is 10.1. The van der Waals surface area contributed by atoms with E-state index < -0.39 is 0 Å². The van der Waals surface area contributed by atoms with Gasteiger partial charge in [0, 0.05) is 36.4 Å². The second-order valence-corrected chi connectivity index (χ2v) is 8.21. The molecule has 3 heterocycles. The molecule has 1 aromatic carbocycles. The fourth-order valence-corrected chi connectivity index (χ4v) is 4.73. The smallest absolute Gasteiger partial charge is 0.137 e. The largest absolute Gasteiger partial charge is 0.388 e. The number of rotatable bonds is 5. The molecule has 0 amide bonds. The lowest BCUT2D eigenvalue weighted by Gasteiger charge is -2.35. The number of piperazine rings is 1. The molecule has 1 aliphatic heterocycles. The van der Waals surface area contributed by atoms with Crippen molar-refractivity contribution in [2.24, 2.45) is 0 Å². The van der Waals surface area contributed by atoms with Gasteiger partial charge in [0.15, 0.2) is 0 Å². The molecule has 1 aliphatic rings. The second-order valence-electron chi connectivity index (χ2n) is 7.10. The van der Waals surface area contributed by atoms with Crippen LogP contribution in [0.25, 0.3) is 21.3 Å². The molecule has 1 saturated heterocycles. The van der Waals surface area contributed by atoms with E-state index in [4.69, 9.17) is 4.98 Å². The van der Waals surface area contributed by atoms with Crippen LogP contribution in [0.15, 0.2) is 42.5 Å². The van der Waals surface area contributed by atoms with Crippen molar-refractivity contribution in [3.8, 4) is 10.6 Å². The SMILES string of the molecule is CCC(O)c1ccc(-c2cc3ccccc3c(N3CCN(CC)CC3)n2)s1. The van der Waals surface area contributed by atoms with Crippen LogP contribution in [0.4, 0.5) is 5.82 Å². The number of hydrogen-bond donors (Lipinski definition) is 1. The van der Waals surface area contributed by atoms with Crippen molar-refractivity contribution in [1.29, 1.82) is 0 Å². The predicted octanol–water partition coefficient (Wildman–Crippen LogP) is 4.55. The van der Waals surface area contributed by atoms with Gasteiger partial charge in [-0.2, -0.15) is 0 Å². The molecule has 0 bridgehead atoms. The maximum atomic E-state index is 10.1. The zero-order chi connectivity index (χ0) is 18.8. The number of nitrogens with zero attached hydrogens (tertiary/aromatic N) is 3. The van der Waals surface area contributed by atoms with E-state index in [0.717, 1.165) is 60.4 Å². The van der Waals surface area contributed by atoms with E-state index in [1.807, 2.05) is 13.0 Å². The van der Waals surface area contributed by atoms with E-state index >= 15 is 0 Å². The highest BCUT2D eigenvalue weighted by atomic mass is 32.1. The standard InChI is InChI=1S/C22H27N3OS/c1-3-19(26)21-10-9-20(27-21)18-15-16-7-5-6-8-17(16)22(23-18)25-13-11-24(4-2)12-14-25/h5-10,15,19,26H,3-4,11-14H2,1-2H3. The number of benzene rings is 1. The Kier molecular flexibility index (Phi) is 5.43. The van der Waals surface area contributed by atoms with Crippen molar-refractivity contribution in [3.63, 3.8) is 0 Å². The van der Waals surface area contributed by atoms with Crippen molar-refractivity contribution in [2.45, 2.75) is 26.4 Å². The Morgan fingerprint density at radius 1 is 1.07 bits per heavy atom. The third-order valence-electron chi connectivity index (χ3n) is 5.43. The van der Waals surface area contributed by atoms with Crippen LogP contribution in [0.2, 0.25) is 0 Å². The molecular weight excluding hydrogens is 354 g/mol. The monoisotopic (exact) mass is 381 g/mol. The quantitative estimate of drug-likeness (QED) is 0.704. The van der Waals surface area contributed by atoms with Crippen LogP contribution in [0.3, 0.4) is 0 Å². The number of aromatic nitrogens is 1. The number of aliphatic hydroxyl groups is 1. The second kappa shape index (κ2) is 7.97. The van der Waals surface area contributed by atoms with Crippen LogP contribution >= 0.6 is 11.3 Å². The molecule has 2 aromatic heterocycles. The summed E-state index contributed by atoms with van der Waals surface area (Å²) in [6.45, 7) is 9.54. The van der Waals surface area contributed by atoms with Gasteiger partial charge in [0.05, 0.1) is 16.7 Å². The molecule has 5 heteroatoms. The molecule has 142 valence electrons. The number of likely N-dealkylation sites (N-methyl/N-ethyl adjacent to an activating group) is 1. The van der Waals surface area contributed by atoms with E-state index in [1.165, 1.54) is 10.8 Å². The van der Waals surface area contributed by atoms with Gasteiger partial charge in [-0.25, -0.2) is 4.98 Å². The van der Waals surface area contributed by atoms with Crippen molar-refractivity contribution in [3.05, 3.63) is 47.3 Å². The lowest BCUT2D eigenvalue weighted by Crippen LogP contribution is -2.46. The van der Waals surface area contributed by atoms with E-state index in [2.05, 4.69) is 53.1 Å². The van der Waals surface area contributed by atoms with Crippen molar-refractivity contribution < 1.29 is 5.11 Å². The number of thiophene rings is 1. The summed E-state index contributed by atoms with van der Waals surface area (Å²) in [7, 11) is 0. The topological polar surface area (TPSA) is 39.6 Å². The highest BCUT2D eigenvalue weighted by Crippen LogP contribution is 2.35. The highest BCUT2D eigenvalue weighted by Gasteiger charge is 2.20. The first-order chi connectivity index (χ1) is 13.2. The number of hydrogen-bond acceptors (Lipinski definition) is 5. The van der Waals surface area contributed by atoms with Gasteiger partial charge >= 0.3 is 0 Å². The molecule has 0 aliphatic carbocycles. The summed E-state index contributed by atoms with van der Waals surface area (Å²) in [5.74, 6) is 1.09. The number of anilines is 1. The highest BCUT2D eigenvalue weighted by molar-refractivity contribution is 7.15. The third kappa shape index (κ3) is 3.72. The molecule has 0 saturated carbocycles. The Morgan fingerprint density at radius 3 is 2.59 bits per heavy atom. The Balaban J connectivity index is 1.74. The molecule has 27 heavy (non-hydrogen) atoms. The number of fused-ring (bicyclic) bond motifs is 1. The van der Waals surface area contributed by atoms with Gasteiger partial charge in [-0.05, 0) is 36.6 Å². The fourth-order valence-electron chi connectivity index (χ4n) is 3.69. The molecule has 1 fully saturated rings. The molecule has 1 unspecified atom stereocenters. The first-order valence-electron chi connectivity index (χ1n) is 9.84. The zero-order valence-electron chi connectivity index (χ0n) is 16.1. The molecule has 3 aromatic rings. The van der Waals surface area contributed by atoms with E-state index in [0.29, 0.717) is 0 Å². The molecule has 0 radical (unpaired) electrons. The lowest BCUT2D eigenvalue weighted by atomic mass is 10.1. The first-order valence-corrected chi connectivity index (χ1v) is 10.7. The summed E-state index contributed by atoms with van der Waals surface area (Å²) in [5, 5.41) is 12.6. The first kappa shape index (κ1) is 18.4. The average molecular weight is 382 g/mol. The van der Waals surface area contributed by atoms with E-state index in [9.17, 15) is 5.11 Å². The van der Waals surface area contributed by atoms with Crippen LogP contribution in [0.5, 0.6) is 0 Å². The fraction of sp³-hybridized carbons (Fsp3) is 0.409. The summed E-state index contributed by atoms with van der Waals surface area (Å²) < 4.78 is 0. The zero-order valence-corrected chi connectivity index (χ0v) is 16.9. The Labute approximate surface area is 165 Å². The maximum Gasteiger partial charge on any atom is 0.137 e. The summed E-state index contributed by atoms with van der Waals surface area (Å²) in [5.41, 5.74) is 1.00. The summed E-state index contributed by atoms with van der Waals surface area (Å²) in [4.78, 5) is 12.1. The van der Waals surface area contributed by atoms with Gasteiger partial charge in [-0.15, -0.1) is 11.3 Å². The van der Waals surface area contributed by atoms with E-state index in [1.54, 1.807) is 11.3 Å². The molecule has 4 nitrogen and oxygen atoms in total. The van der Waals surface area contributed by atoms with Gasteiger partial charge in [0.1, 0.15) is 5.82 Å². The van der Waals surface area contributed by atoms with Crippen molar-refractivity contribution in [1.82, 2.24) is 9.88 Å². The van der Waals surface area contributed by atoms with E-state index in [-0.39, 0.29) is 6.10 Å². The van der Waals surface area contributed by atoms with Crippen LogP contribution in [0, 0.1) is 0 Å². The minimum atomic E-state index is -0.384. The number of aliphatic hydroxyl groups excluding tert-OH is 1. The van der Waals surface area contributed by atoms with Crippen molar-refractivity contribution >= 4 is 27.9 Å². The molecule has 1 atom stereocenters. The molecular formula is C22H27N3OS. The van der Waals surface area contributed by atoms with Crippen molar-refractivity contribution in [2.75, 3.05) is 37.6 Å². The minimum absolute atomic E-state index is 0.384. The predicted molar refractivity (Wildman–Crippen MR) is 115 cm³/mol. The third-order valence-corrected chi connectivity index (χ3v) is 6.64. The normalized spacial score (nSPS) is 16.8. The molecule has 1 N–H and O–H groups in total. The van der Waals surface area contributed by atoms with Gasteiger partial charge in [-0.1, -0.05) is 38.1 Å². The van der Waals surface area contributed by atoms with Gasteiger partial charge < -0.3 is 14.9 Å². The van der Waals surface area contributed by atoms with Gasteiger partial charge in [-0.3, -0.25) is 0 Å². The summed E-state index contributed by atoms with van der Waals surface area (Å²) in [6.07, 6.45) is 0.351. The number of pyridine rings is 1. The van der Waals surface area contributed by atoms with Gasteiger partial charge in [0.2, 0.25) is 0 Å². The summed E-state index contributed by atoms with van der Waals surface area (Å²) >= 11 is 1.65. The van der Waals surface area contributed by atoms with Crippen LogP contribution in [0.1, 0.15) is 31.2 Å². The lowest BCUT2D eigenvalue weighted by molar-refractivity contribution is 0.177. The Morgan fingerprint density at radius 2 is 1.85 bits per heavy atom. The van der Waals surface area contributed by atoms with Gasteiger partial charge in [0.25, 0.3) is 0 Å². The Hall–Kier alpha value is -1.95. The average Bonchev–Trinajstić information content (AvgIpc) is 3.23. The van der Waals surface area contributed by atoms with Crippen LogP contribution < -0.4 is 4.90 Å². The summed E-state index contributed by atoms with van der Waals surface area (Å²) in [6, 6.07) is 14.8. The molecule has 0 spiro atoms. The Bertz CT molecular complexity index is 915.